The molecule has 2 aromatic rings. The lowest BCUT2D eigenvalue weighted by molar-refractivity contribution is 0.868. The Balaban J connectivity index is 2.46. The lowest BCUT2D eigenvalue weighted by atomic mass is 9.96. The summed E-state index contributed by atoms with van der Waals surface area (Å²) in [6.07, 6.45) is 0. The molecule has 2 aromatic carbocycles. The third kappa shape index (κ3) is 3.14. The highest BCUT2D eigenvalue weighted by Gasteiger charge is 2.14. The summed E-state index contributed by atoms with van der Waals surface area (Å²) in [6.45, 7) is 4.09. The van der Waals surface area contributed by atoms with Gasteiger partial charge in [-0.15, -0.1) is 0 Å². The molecule has 0 saturated heterocycles. The molecular formula is C15H14BrCl2N. The Labute approximate surface area is 131 Å². The molecule has 4 heteroatoms. The van der Waals surface area contributed by atoms with Gasteiger partial charge in [-0.2, -0.15) is 0 Å². The Morgan fingerprint density at radius 2 is 1.63 bits per heavy atom. The molecule has 0 bridgehead atoms. The van der Waals surface area contributed by atoms with Crippen molar-refractivity contribution in [3.63, 3.8) is 0 Å². The molecule has 0 aliphatic rings. The van der Waals surface area contributed by atoms with Crippen LogP contribution in [-0.4, -0.2) is 0 Å². The number of hydrogen-bond acceptors (Lipinski definition) is 1. The summed E-state index contributed by atoms with van der Waals surface area (Å²) >= 11 is 15.8. The minimum Gasteiger partial charge on any atom is -0.320 e. The molecule has 2 rings (SSSR count). The molecule has 0 aliphatic heterocycles. The Hall–Kier alpha value is -0.540. The van der Waals surface area contributed by atoms with Gasteiger partial charge in [-0.3, -0.25) is 0 Å². The molecule has 0 heterocycles. The van der Waals surface area contributed by atoms with Crippen molar-refractivity contribution in [1.29, 1.82) is 0 Å². The van der Waals surface area contributed by atoms with E-state index in [1.165, 1.54) is 5.56 Å². The average molecular weight is 359 g/mol. The molecule has 0 radical (unpaired) electrons. The second-order valence-corrected chi connectivity index (χ2v) is 6.28. The van der Waals surface area contributed by atoms with Crippen LogP contribution in [0.3, 0.4) is 0 Å². The molecule has 0 saturated carbocycles. The average Bonchev–Trinajstić information content (AvgIpc) is 2.36. The maximum Gasteiger partial charge on any atom is 0.0567 e. The van der Waals surface area contributed by atoms with Crippen LogP contribution in [0.15, 0.2) is 34.8 Å². The van der Waals surface area contributed by atoms with Crippen molar-refractivity contribution < 1.29 is 0 Å². The molecule has 0 aromatic heterocycles. The van der Waals surface area contributed by atoms with Crippen molar-refractivity contribution in [2.24, 2.45) is 5.73 Å². The fraction of sp³-hybridized carbons (Fsp3) is 0.200. The maximum absolute atomic E-state index is 6.30. The molecule has 1 unspecified atom stereocenters. The zero-order valence-corrected chi connectivity index (χ0v) is 13.8. The summed E-state index contributed by atoms with van der Waals surface area (Å²) in [5.41, 5.74) is 10.5. The summed E-state index contributed by atoms with van der Waals surface area (Å²) in [4.78, 5) is 0. The number of halogens is 3. The monoisotopic (exact) mass is 357 g/mol. The molecule has 1 nitrogen and oxygen atoms in total. The van der Waals surface area contributed by atoms with Crippen LogP contribution < -0.4 is 5.73 Å². The van der Waals surface area contributed by atoms with Crippen LogP contribution in [0.1, 0.15) is 28.3 Å². The van der Waals surface area contributed by atoms with Crippen LogP contribution >= 0.6 is 39.1 Å². The predicted molar refractivity (Wildman–Crippen MR) is 86.1 cm³/mol. The first-order chi connectivity index (χ1) is 8.90. The van der Waals surface area contributed by atoms with E-state index in [0.717, 1.165) is 21.2 Å². The Bertz CT molecular complexity index is 626. The fourth-order valence-corrected chi connectivity index (χ4v) is 2.70. The van der Waals surface area contributed by atoms with E-state index in [-0.39, 0.29) is 6.04 Å². The van der Waals surface area contributed by atoms with E-state index < -0.39 is 0 Å². The molecule has 0 fully saturated rings. The van der Waals surface area contributed by atoms with E-state index in [2.05, 4.69) is 22.9 Å². The normalized spacial score (nSPS) is 12.5. The van der Waals surface area contributed by atoms with E-state index in [0.29, 0.717) is 10.0 Å². The van der Waals surface area contributed by atoms with Crippen LogP contribution in [0.25, 0.3) is 0 Å². The summed E-state index contributed by atoms with van der Waals surface area (Å²) in [7, 11) is 0. The SMILES string of the molecule is Cc1cc(Cl)c(C(N)c2ccc(Br)c(Cl)c2)cc1C. The van der Waals surface area contributed by atoms with Gasteiger partial charge in [-0.25, -0.2) is 0 Å². The summed E-state index contributed by atoms with van der Waals surface area (Å²) in [5.74, 6) is 0. The Kier molecular flexibility index (Phi) is 4.57. The number of benzene rings is 2. The van der Waals surface area contributed by atoms with E-state index in [9.17, 15) is 0 Å². The van der Waals surface area contributed by atoms with E-state index in [1.807, 2.05) is 37.3 Å². The molecule has 100 valence electrons. The van der Waals surface area contributed by atoms with Crippen LogP contribution in [0, 0.1) is 13.8 Å². The predicted octanol–water partition coefficient (Wildman–Crippen LogP) is 5.42. The van der Waals surface area contributed by atoms with Crippen molar-refractivity contribution in [3.05, 3.63) is 67.1 Å². The van der Waals surface area contributed by atoms with E-state index in [1.54, 1.807) is 0 Å². The topological polar surface area (TPSA) is 26.0 Å². The van der Waals surface area contributed by atoms with E-state index in [4.69, 9.17) is 28.9 Å². The highest BCUT2D eigenvalue weighted by Crippen LogP contribution is 2.32. The van der Waals surface area contributed by atoms with Gasteiger partial charge in [-0.1, -0.05) is 35.3 Å². The molecule has 0 amide bonds. The van der Waals surface area contributed by atoms with Crippen LogP contribution in [-0.2, 0) is 0 Å². The molecule has 0 aliphatic carbocycles. The fourth-order valence-electron chi connectivity index (χ4n) is 1.93. The summed E-state index contributed by atoms with van der Waals surface area (Å²) in [6, 6.07) is 9.42. The number of aryl methyl sites for hydroxylation is 2. The van der Waals surface area contributed by atoms with Gasteiger partial charge in [0.15, 0.2) is 0 Å². The quantitative estimate of drug-likeness (QED) is 0.761. The zero-order valence-electron chi connectivity index (χ0n) is 10.7. The second kappa shape index (κ2) is 5.84. The minimum atomic E-state index is -0.280. The highest BCUT2D eigenvalue weighted by atomic mass is 79.9. The van der Waals surface area contributed by atoms with Crippen molar-refractivity contribution in [1.82, 2.24) is 0 Å². The van der Waals surface area contributed by atoms with Crippen molar-refractivity contribution in [3.8, 4) is 0 Å². The van der Waals surface area contributed by atoms with Crippen molar-refractivity contribution in [2.45, 2.75) is 19.9 Å². The lowest BCUT2D eigenvalue weighted by Gasteiger charge is -2.17. The first-order valence-corrected chi connectivity index (χ1v) is 7.42. The third-order valence-electron chi connectivity index (χ3n) is 3.25. The smallest absolute Gasteiger partial charge is 0.0567 e. The molecule has 0 spiro atoms. The molecule has 19 heavy (non-hydrogen) atoms. The first-order valence-electron chi connectivity index (χ1n) is 5.87. The third-order valence-corrected chi connectivity index (χ3v) is 4.81. The van der Waals surface area contributed by atoms with Gasteiger partial charge in [0.25, 0.3) is 0 Å². The largest absolute Gasteiger partial charge is 0.320 e. The van der Waals surface area contributed by atoms with E-state index >= 15 is 0 Å². The Morgan fingerprint density at radius 3 is 2.26 bits per heavy atom. The van der Waals surface area contributed by atoms with Gasteiger partial charge in [0.05, 0.1) is 11.1 Å². The van der Waals surface area contributed by atoms with Gasteiger partial charge in [0.2, 0.25) is 0 Å². The van der Waals surface area contributed by atoms with Gasteiger partial charge < -0.3 is 5.73 Å². The van der Waals surface area contributed by atoms with Crippen LogP contribution in [0.2, 0.25) is 10.0 Å². The van der Waals surface area contributed by atoms with Crippen molar-refractivity contribution in [2.75, 3.05) is 0 Å². The number of nitrogens with two attached hydrogens (primary N) is 1. The molecular weight excluding hydrogens is 345 g/mol. The van der Waals surface area contributed by atoms with Gasteiger partial charge >= 0.3 is 0 Å². The first kappa shape index (κ1) is 14.9. The van der Waals surface area contributed by atoms with Gasteiger partial charge in [0.1, 0.15) is 0 Å². The zero-order chi connectivity index (χ0) is 14.2. The van der Waals surface area contributed by atoms with Crippen LogP contribution in [0.4, 0.5) is 0 Å². The molecule has 1 atom stereocenters. The van der Waals surface area contributed by atoms with Crippen LogP contribution in [0.5, 0.6) is 0 Å². The molecule has 2 N–H and O–H groups in total. The minimum absolute atomic E-state index is 0.280. The standard InChI is InChI=1S/C15H14BrCl2N/c1-8-5-11(13(17)6-9(8)2)15(19)10-3-4-12(16)14(18)7-10/h3-7,15H,19H2,1-2H3. The Morgan fingerprint density at radius 1 is 1.00 bits per heavy atom. The number of hydrogen-bond donors (Lipinski definition) is 1. The second-order valence-electron chi connectivity index (χ2n) is 4.61. The summed E-state index contributed by atoms with van der Waals surface area (Å²) in [5, 5.41) is 1.34. The maximum atomic E-state index is 6.30. The highest BCUT2D eigenvalue weighted by molar-refractivity contribution is 9.10. The lowest BCUT2D eigenvalue weighted by Crippen LogP contribution is -2.13. The summed E-state index contributed by atoms with van der Waals surface area (Å²) < 4.78 is 0.858. The van der Waals surface area contributed by atoms with Gasteiger partial charge in [0, 0.05) is 9.50 Å². The number of rotatable bonds is 2. The van der Waals surface area contributed by atoms with Crippen molar-refractivity contribution >= 4 is 39.1 Å². The van der Waals surface area contributed by atoms with Gasteiger partial charge in [-0.05, 0) is 70.2 Å².